The van der Waals surface area contributed by atoms with Gasteiger partial charge in [0.1, 0.15) is 11.4 Å². The summed E-state index contributed by atoms with van der Waals surface area (Å²) in [7, 11) is -3.50. The first kappa shape index (κ1) is 22.3. The molecule has 0 aliphatic carbocycles. The molecule has 32 heavy (non-hydrogen) atoms. The Hall–Kier alpha value is -2.93. The molecule has 3 N–H and O–H groups in total. The fourth-order valence-electron chi connectivity index (χ4n) is 3.88. The highest BCUT2D eigenvalue weighted by Gasteiger charge is 2.38. The van der Waals surface area contributed by atoms with Crippen LogP contribution in [0.1, 0.15) is 24.0 Å². The van der Waals surface area contributed by atoms with Crippen LogP contribution in [0.5, 0.6) is 0 Å². The van der Waals surface area contributed by atoms with Crippen LogP contribution < -0.4 is 20.3 Å². The summed E-state index contributed by atoms with van der Waals surface area (Å²) in [6.07, 6.45) is -1.71. The van der Waals surface area contributed by atoms with Crippen LogP contribution in [0.2, 0.25) is 0 Å². The third-order valence-corrected chi connectivity index (χ3v) is 5.92. The molecular formula is C19H21F3N6O3S. The molecule has 2 aliphatic rings. The van der Waals surface area contributed by atoms with Gasteiger partial charge in [0.05, 0.1) is 12.7 Å². The minimum absolute atomic E-state index is 0.0385. The fourth-order valence-corrected chi connectivity index (χ4v) is 4.68. The van der Waals surface area contributed by atoms with Crippen molar-refractivity contribution in [1.82, 2.24) is 14.7 Å². The highest BCUT2D eigenvalue weighted by atomic mass is 32.2. The van der Waals surface area contributed by atoms with Crippen LogP contribution in [0.25, 0.3) is 0 Å². The molecule has 0 spiro atoms. The smallest absolute Gasteiger partial charge is 0.354 e. The molecule has 2 aromatic rings. The van der Waals surface area contributed by atoms with Crippen LogP contribution >= 0.6 is 0 Å². The molecule has 1 saturated heterocycles. The minimum atomic E-state index is -4.68. The Morgan fingerprint density at radius 3 is 2.78 bits per heavy atom. The number of halogens is 3. The molecule has 0 unspecified atom stereocenters. The number of carbonyl (C=O) groups is 1. The number of hydrogen-bond acceptors (Lipinski definition) is 7. The Labute approximate surface area is 182 Å². The number of nitrogens with one attached hydrogen (secondary N) is 3. The predicted molar refractivity (Wildman–Crippen MR) is 112 cm³/mol. The molecule has 1 aromatic heterocycles. The lowest BCUT2D eigenvalue weighted by molar-refractivity contribution is -0.137. The molecule has 0 bridgehead atoms. The second-order valence-electron chi connectivity index (χ2n) is 7.83. The lowest BCUT2D eigenvalue weighted by Gasteiger charge is -2.34. The molecule has 1 amide bonds. The zero-order valence-electron chi connectivity index (χ0n) is 17.0. The average molecular weight is 470 g/mol. The van der Waals surface area contributed by atoms with Gasteiger partial charge in [-0.25, -0.2) is 18.1 Å². The quantitative estimate of drug-likeness (QED) is 0.614. The van der Waals surface area contributed by atoms with Gasteiger partial charge in [-0.3, -0.25) is 4.79 Å². The third kappa shape index (κ3) is 5.10. The molecule has 13 heteroatoms. The number of piperidine rings is 1. The summed E-state index contributed by atoms with van der Waals surface area (Å²) in [6, 6.07) is 4.55. The molecule has 4 rings (SSSR count). The summed E-state index contributed by atoms with van der Waals surface area (Å²) in [5.74, 6) is -0.482. The van der Waals surface area contributed by atoms with E-state index >= 15 is 0 Å². The molecule has 2 aliphatic heterocycles. The van der Waals surface area contributed by atoms with Crippen molar-refractivity contribution in [2.75, 3.05) is 34.9 Å². The summed E-state index contributed by atoms with van der Waals surface area (Å²) >= 11 is 0. The van der Waals surface area contributed by atoms with Crippen LogP contribution in [0.15, 0.2) is 24.4 Å². The molecule has 0 saturated carbocycles. The van der Waals surface area contributed by atoms with Crippen LogP contribution in [0.4, 0.5) is 36.3 Å². The van der Waals surface area contributed by atoms with Crippen LogP contribution in [0.3, 0.4) is 0 Å². The Morgan fingerprint density at radius 2 is 2.06 bits per heavy atom. The number of benzene rings is 1. The van der Waals surface area contributed by atoms with Crippen molar-refractivity contribution < 1.29 is 26.4 Å². The van der Waals surface area contributed by atoms with Gasteiger partial charge in [-0.05, 0) is 36.6 Å². The largest absolute Gasteiger partial charge is 0.421 e. The van der Waals surface area contributed by atoms with E-state index in [1.54, 1.807) is 18.2 Å². The Bertz CT molecular complexity index is 1160. The molecular weight excluding hydrogens is 449 g/mol. The maximum absolute atomic E-state index is 13.6. The van der Waals surface area contributed by atoms with Crippen molar-refractivity contribution in [3.05, 3.63) is 35.5 Å². The third-order valence-electron chi connectivity index (χ3n) is 5.16. The molecule has 172 valence electrons. The van der Waals surface area contributed by atoms with Gasteiger partial charge in [0.2, 0.25) is 21.9 Å². The number of aromatic nitrogens is 2. The van der Waals surface area contributed by atoms with Gasteiger partial charge >= 0.3 is 6.18 Å². The maximum atomic E-state index is 13.6. The number of anilines is 4. The first-order valence-electron chi connectivity index (χ1n) is 9.84. The summed E-state index contributed by atoms with van der Waals surface area (Å²) in [5.41, 5.74) is 0.984. The first-order valence-corrected chi connectivity index (χ1v) is 11.7. The number of rotatable bonds is 5. The van der Waals surface area contributed by atoms with Crippen molar-refractivity contribution in [3.63, 3.8) is 0 Å². The monoisotopic (exact) mass is 470 g/mol. The standard InChI is InChI=1S/C19H21F3N6O3S/c1-32(30,31)27-13-3-2-6-28(10-13)17-14(19(20,21)22)9-23-18(26-17)24-12-4-5-15-11(7-12)8-16(29)25-15/h4-5,7,9,13,27H,2-3,6,8,10H2,1H3,(H,25,29)(H,23,24,26)/t13-/m1/s1. The fraction of sp³-hybridized carbons (Fsp3) is 0.421. The SMILES string of the molecule is CS(=O)(=O)N[C@@H]1CCCN(c2nc(Nc3ccc4c(c3)CC(=O)N4)ncc2C(F)(F)F)C1. The summed E-state index contributed by atoms with van der Waals surface area (Å²) in [4.78, 5) is 20.9. The van der Waals surface area contributed by atoms with Crippen LogP contribution in [0, 0.1) is 0 Å². The van der Waals surface area contributed by atoms with E-state index in [0.717, 1.165) is 18.0 Å². The van der Waals surface area contributed by atoms with E-state index in [1.165, 1.54) is 4.90 Å². The van der Waals surface area contributed by atoms with Crippen LogP contribution in [-0.4, -0.2) is 49.7 Å². The highest BCUT2D eigenvalue weighted by molar-refractivity contribution is 7.88. The minimum Gasteiger partial charge on any atom is -0.354 e. The normalized spacial score (nSPS) is 18.9. The zero-order chi connectivity index (χ0) is 23.1. The predicted octanol–water partition coefficient (Wildman–Crippen LogP) is 2.25. The van der Waals surface area contributed by atoms with E-state index < -0.39 is 27.8 Å². The molecule has 1 fully saturated rings. The maximum Gasteiger partial charge on any atom is 0.421 e. The number of carbonyl (C=O) groups excluding carboxylic acids is 1. The van der Waals surface area contributed by atoms with E-state index in [1.807, 2.05) is 0 Å². The topological polar surface area (TPSA) is 116 Å². The van der Waals surface area contributed by atoms with Gasteiger partial charge in [0.25, 0.3) is 0 Å². The Kier molecular flexibility index (Phi) is 5.71. The Morgan fingerprint density at radius 1 is 1.28 bits per heavy atom. The van der Waals surface area contributed by atoms with Gasteiger partial charge in [0.15, 0.2) is 0 Å². The lowest BCUT2D eigenvalue weighted by Crippen LogP contribution is -2.48. The second-order valence-corrected chi connectivity index (χ2v) is 9.61. The molecule has 3 heterocycles. The van der Waals surface area contributed by atoms with Crippen molar-refractivity contribution in [2.45, 2.75) is 31.5 Å². The van der Waals surface area contributed by atoms with E-state index in [9.17, 15) is 26.4 Å². The molecule has 9 nitrogen and oxygen atoms in total. The lowest BCUT2D eigenvalue weighted by atomic mass is 10.1. The number of hydrogen-bond donors (Lipinski definition) is 3. The van der Waals surface area contributed by atoms with E-state index in [0.29, 0.717) is 30.8 Å². The summed E-state index contributed by atoms with van der Waals surface area (Å²) < 4.78 is 66.5. The van der Waals surface area contributed by atoms with Gasteiger partial charge < -0.3 is 15.5 Å². The van der Waals surface area contributed by atoms with Gasteiger partial charge in [-0.1, -0.05) is 0 Å². The van der Waals surface area contributed by atoms with Gasteiger partial charge in [-0.15, -0.1) is 0 Å². The van der Waals surface area contributed by atoms with Gasteiger partial charge in [0, 0.05) is 36.7 Å². The molecule has 1 aromatic carbocycles. The molecule has 1 atom stereocenters. The van der Waals surface area contributed by atoms with Crippen molar-refractivity contribution in [2.24, 2.45) is 0 Å². The van der Waals surface area contributed by atoms with E-state index in [4.69, 9.17) is 0 Å². The molecule has 0 radical (unpaired) electrons. The number of alkyl halides is 3. The van der Waals surface area contributed by atoms with Gasteiger partial charge in [-0.2, -0.15) is 18.2 Å². The van der Waals surface area contributed by atoms with Crippen LogP contribution in [-0.2, 0) is 27.4 Å². The number of fused-ring (bicyclic) bond motifs is 1. The summed E-state index contributed by atoms with van der Waals surface area (Å²) in [5, 5.41) is 5.60. The van der Waals surface area contributed by atoms with Crippen molar-refractivity contribution >= 4 is 39.1 Å². The van der Waals surface area contributed by atoms with E-state index in [2.05, 4.69) is 25.3 Å². The number of sulfonamides is 1. The second kappa shape index (κ2) is 8.20. The highest BCUT2D eigenvalue weighted by Crippen LogP contribution is 2.37. The number of nitrogens with zero attached hydrogens (tertiary/aromatic N) is 3. The first-order chi connectivity index (χ1) is 15.0. The van der Waals surface area contributed by atoms with Crippen molar-refractivity contribution in [1.29, 1.82) is 0 Å². The summed E-state index contributed by atoms with van der Waals surface area (Å²) in [6.45, 7) is 0.354. The van der Waals surface area contributed by atoms with E-state index in [-0.39, 0.29) is 30.6 Å². The average Bonchev–Trinajstić information content (AvgIpc) is 3.05. The zero-order valence-corrected chi connectivity index (χ0v) is 17.8. The van der Waals surface area contributed by atoms with Crippen molar-refractivity contribution in [3.8, 4) is 0 Å². The number of amides is 1. The Balaban J connectivity index is 1.62.